The first kappa shape index (κ1) is 11.0. The minimum Gasteiger partial charge on any atom is -0.299 e. The molecule has 1 aromatic rings. The number of hydrazine groups is 2. The molecule has 0 heterocycles. The average molecular weight is 208 g/mol. The van der Waals surface area contributed by atoms with E-state index in [1.807, 2.05) is 23.6 Å². The fourth-order valence-electron chi connectivity index (χ4n) is 0.904. The molecule has 0 unspecified atom stereocenters. The number of hydrogen-bond acceptors (Lipinski definition) is 4. The molecule has 6 nitrogen and oxygen atoms in total. The number of benzene rings is 1. The van der Waals surface area contributed by atoms with Crippen LogP contribution in [0, 0.1) is 0 Å². The van der Waals surface area contributed by atoms with Gasteiger partial charge in [0.15, 0.2) is 0 Å². The second-order valence-corrected chi connectivity index (χ2v) is 2.78. The zero-order valence-electron chi connectivity index (χ0n) is 7.99. The predicted molar refractivity (Wildman–Crippen MR) is 55.2 cm³/mol. The predicted octanol–water partition coefficient (Wildman–Crippen LogP) is -0.490. The van der Waals surface area contributed by atoms with Crippen LogP contribution in [-0.2, 0) is 9.59 Å². The Bertz CT molecular complexity index is 339. The first-order chi connectivity index (χ1) is 7.22. The summed E-state index contributed by atoms with van der Waals surface area (Å²) in [6.07, 6.45) is -0.309. The summed E-state index contributed by atoms with van der Waals surface area (Å²) >= 11 is 0. The number of rotatable bonds is 4. The summed E-state index contributed by atoms with van der Waals surface area (Å²) in [5.74, 6) is 3.83. The van der Waals surface area contributed by atoms with E-state index in [-0.39, 0.29) is 6.42 Å². The summed E-state index contributed by atoms with van der Waals surface area (Å²) in [5, 5.41) is 0. The normalized spacial score (nSPS) is 9.13. The van der Waals surface area contributed by atoms with Crippen molar-refractivity contribution in [1.82, 2.24) is 10.9 Å². The monoisotopic (exact) mass is 208 g/mol. The van der Waals surface area contributed by atoms with Gasteiger partial charge in [-0.25, -0.2) is 5.84 Å². The second-order valence-electron chi connectivity index (χ2n) is 2.78. The minimum absolute atomic E-state index is 0.309. The van der Waals surface area contributed by atoms with E-state index in [4.69, 9.17) is 5.84 Å². The topological polar surface area (TPSA) is 96.2 Å². The average Bonchev–Trinajstić information content (AvgIpc) is 2.27. The molecule has 0 fully saturated rings. The Morgan fingerprint density at radius 1 is 1.13 bits per heavy atom. The molecule has 6 heteroatoms. The van der Waals surface area contributed by atoms with Crippen LogP contribution < -0.4 is 22.1 Å². The van der Waals surface area contributed by atoms with Crippen LogP contribution in [0.3, 0.4) is 0 Å². The molecule has 0 aromatic heterocycles. The van der Waals surface area contributed by atoms with Crippen molar-refractivity contribution in [3.8, 4) is 0 Å². The molecule has 0 radical (unpaired) electrons. The lowest BCUT2D eigenvalue weighted by Gasteiger charge is -2.07. The van der Waals surface area contributed by atoms with Crippen LogP contribution in [-0.4, -0.2) is 11.8 Å². The highest BCUT2D eigenvalue weighted by atomic mass is 16.2. The largest absolute Gasteiger partial charge is 0.299 e. The third-order valence-electron chi connectivity index (χ3n) is 1.60. The van der Waals surface area contributed by atoms with Crippen LogP contribution in [0.1, 0.15) is 6.42 Å². The van der Waals surface area contributed by atoms with Gasteiger partial charge >= 0.3 is 0 Å². The standard InChI is InChI=1S/C9H12N4O2/c10-11-8(14)6-9(15)13-12-7-4-2-1-3-5-7/h1-5,12H,6,10H2,(H,11,14)(H,13,15). The van der Waals surface area contributed by atoms with Crippen molar-refractivity contribution in [2.45, 2.75) is 6.42 Å². The van der Waals surface area contributed by atoms with E-state index >= 15 is 0 Å². The Labute approximate surface area is 86.8 Å². The Morgan fingerprint density at radius 3 is 2.40 bits per heavy atom. The molecule has 0 saturated carbocycles. The van der Waals surface area contributed by atoms with Gasteiger partial charge in [-0.05, 0) is 12.1 Å². The highest BCUT2D eigenvalue weighted by molar-refractivity contribution is 5.96. The quantitative estimate of drug-likeness (QED) is 0.232. The van der Waals surface area contributed by atoms with Crippen molar-refractivity contribution in [2.75, 3.05) is 5.43 Å². The van der Waals surface area contributed by atoms with E-state index in [9.17, 15) is 9.59 Å². The summed E-state index contributed by atoms with van der Waals surface area (Å²) in [4.78, 5) is 21.8. The van der Waals surface area contributed by atoms with E-state index in [0.29, 0.717) is 0 Å². The molecular formula is C9H12N4O2. The molecule has 0 atom stereocenters. The molecule has 0 saturated heterocycles. The Morgan fingerprint density at radius 2 is 1.80 bits per heavy atom. The zero-order valence-corrected chi connectivity index (χ0v) is 7.99. The molecule has 0 aliphatic heterocycles. The van der Waals surface area contributed by atoms with E-state index in [1.54, 1.807) is 12.1 Å². The summed E-state index contributed by atoms with van der Waals surface area (Å²) in [6, 6.07) is 9.06. The lowest BCUT2D eigenvalue weighted by atomic mass is 10.3. The van der Waals surface area contributed by atoms with Gasteiger partial charge in [0, 0.05) is 0 Å². The molecule has 0 aliphatic rings. The van der Waals surface area contributed by atoms with E-state index in [0.717, 1.165) is 5.69 Å². The van der Waals surface area contributed by atoms with Crippen molar-refractivity contribution in [3.63, 3.8) is 0 Å². The third-order valence-corrected chi connectivity index (χ3v) is 1.60. The van der Waals surface area contributed by atoms with Crippen LogP contribution in [0.5, 0.6) is 0 Å². The molecule has 0 bridgehead atoms. The number of carbonyl (C=O) groups is 2. The lowest BCUT2D eigenvalue weighted by Crippen LogP contribution is -2.37. The summed E-state index contributed by atoms with van der Waals surface area (Å²) < 4.78 is 0. The number of carbonyl (C=O) groups excluding carboxylic acids is 2. The van der Waals surface area contributed by atoms with Crippen LogP contribution in [0.2, 0.25) is 0 Å². The number of para-hydroxylation sites is 1. The van der Waals surface area contributed by atoms with Gasteiger partial charge < -0.3 is 0 Å². The Balaban J connectivity index is 2.32. The summed E-state index contributed by atoms with van der Waals surface area (Å²) in [5.41, 5.74) is 7.61. The number of hydrogen-bond donors (Lipinski definition) is 4. The highest BCUT2D eigenvalue weighted by Gasteiger charge is 2.06. The van der Waals surface area contributed by atoms with Gasteiger partial charge in [-0.15, -0.1) is 0 Å². The van der Waals surface area contributed by atoms with Gasteiger partial charge in [-0.3, -0.25) is 25.9 Å². The van der Waals surface area contributed by atoms with Gasteiger partial charge in [0.25, 0.3) is 0 Å². The SMILES string of the molecule is NNC(=O)CC(=O)NNc1ccccc1. The number of nitrogens with two attached hydrogens (primary N) is 1. The Hall–Kier alpha value is -2.08. The van der Waals surface area contributed by atoms with E-state index < -0.39 is 11.8 Å². The minimum atomic E-state index is -0.539. The first-order valence-corrected chi connectivity index (χ1v) is 4.31. The molecule has 0 aliphatic carbocycles. The third kappa shape index (κ3) is 4.10. The fraction of sp³-hybridized carbons (Fsp3) is 0.111. The van der Waals surface area contributed by atoms with Crippen molar-refractivity contribution < 1.29 is 9.59 Å². The molecule has 1 aromatic carbocycles. The van der Waals surface area contributed by atoms with Gasteiger partial charge in [0.1, 0.15) is 6.42 Å². The first-order valence-electron chi connectivity index (χ1n) is 4.31. The van der Waals surface area contributed by atoms with Crippen molar-refractivity contribution in [2.24, 2.45) is 5.84 Å². The van der Waals surface area contributed by atoms with Crippen LogP contribution in [0.15, 0.2) is 30.3 Å². The maximum Gasteiger partial charge on any atom is 0.247 e. The number of anilines is 1. The van der Waals surface area contributed by atoms with Gasteiger partial charge in [0.2, 0.25) is 11.8 Å². The second kappa shape index (κ2) is 5.61. The van der Waals surface area contributed by atoms with Crippen molar-refractivity contribution in [3.05, 3.63) is 30.3 Å². The Kier molecular flexibility index (Phi) is 4.11. The van der Waals surface area contributed by atoms with Crippen LogP contribution in [0.25, 0.3) is 0 Å². The lowest BCUT2D eigenvalue weighted by molar-refractivity contribution is -0.129. The molecule has 80 valence electrons. The molecule has 15 heavy (non-hydrogen) atoms. The smallest absolute Gasteiger partial charge is 0.247 e. The molecule has 1 rings (SSSR count). The van der Waals surface area contributed by atoms with E-state index in [1.165, 1.54) is 0 Å². The molecule has 5 N–H and O–H groups in total. The van der Waals surface area contributed by atoms with E-state index in [2.05, 4.69) is 10.9 Å². The highest BCUT2D eigenvalue weighted by Crippen LogP contribution is 2.02. The number of nitrogens with one attached hydrogen (secondary N) is 3. The van der Waals surface area contributed by atoms with Crippen molar-refractivity contribution in [1.29, 1.82) is 0 Å². The summed E-state index contributed by atoms with van der Waals surface area (Å²) in [6.45, 7) is 0. The van der Waals surface area contributed by atoms with Gasteiger partial charge in [-0.1, -0.05) is 18.2 Å². The van der Waals surface area contributed by atoms with Gasteiger partial charge in [-0.2, -0.15) is 0 Å². The fourth-order valence-corrected chi connectivity index (χ4v) is 0.904. The maximum absolute atomic E-state index is 11.1. The van der Waals surface area contributed by atoms with Crippen LogP contribution >= 0.6 is 0 Å². The number of amides is 2. The molecular weight excluding hydrogens is 196 g/mol. The van der Waals surface area contributed by atoms with Crippen molar-refractivity contribution >= 4 is 17.5 Å². The maximum atomic E-state index is 11.1. The van der Waals surface area contributed by atoms with Crippen LogP contribution in [0.4, 0.5) is 5.69 Å². The summed E-state index contributed by atoms with van der Waals surface area (Å²) in [7, 11) is 0. The molecule has 0 spiro atoms. The zero-order chi connectivity index (χ0) is 11.1. The van der Waals surface area contributed by atoms with Gasteiger partial charge in [0.05, 0.1) is 5.69 Å². The molecule has 2 amide bonds.